The Balaban J connectivity index is 2.12. The molecule has 0 heterocycles. The second-order valence-corrected chi connectivity index (χ2v) is 4.75. The van der Waals surface area contributed by atoms with Gasteiger partial charge in [-0.1, -0.05) is 6.07 Å². The zero-order chi connectivity index (χ0) is 11.6. The molecule has 0 saturated heterocycles. The fourth-order valence-electron chi connectivity index (χ4n) is 2.07. The second kappa shape index (κ2) is 4.34. The fraction of sp³-hybridized carbons (Fsp3) is 0.538. The van der Waals surface area contributed by atoms with Crippen LogP contribution in [0.5, 0.6) is 5.75 Å². The minimum absolute atomic E-state index is 0.0202. The lowest BCUT2D eigenvalue weighted by molar-refractivity contribution is 0.414. The lowest BCUT2D eigenvalue weighted by Crippen LogP contribution is -2.44. The van der Waals surface area contributed by atoms with Crippen molar-refractivity contribution < 1.29 is 4.74 Å². The number of ether oxygens (including phenoxy) is 1. The maximum Gasteiger partial charge on any atom is 0.120 e. The molecule has 0 aliphatic heterocycles. The van der Waals surface area contributed by atoms with Crippen LogP contribution in [0.3, 0.4) is 0 Å². The van der Waals surface area contributed by atoms with Gasteiger partial charge in [0.25, 0.3) is 0 Å². The van der Waals surface area contributed by atoms with E-state index in [2.05, 4.69) is 18.3 Å². The molecule has 1 aromatic rings. The molecule has 1 fully saturated rings. The van der Waals surface area contributed by atoms with Gasteiger partial charge in [-0.3, -0.25) is 0 Å². The minimum Gasteiger partial charge on any atom is -0.497 e. The van der Waals surface area contributed by atoms with Crippen LogP contribution < -0.4 is 15.8 Å². The average Bonchev–Trinajstić information content (AvgIpc) is 3.13. The van der Waals surface area contributed by atoms with Crippen LogP contribution in [0.25, 0.3) is 0 Å². The van der Waals surface area contributed by atoms with Gasteiger partial charge in [-0.05, 0) is 37.8 Å². The normalized spacial score (nSPS) is 18.9. The molecule has 2 rings (SSSR count). The van der Waals surface area contributed by atoms with E-state index in [1.165, 1.54) is 12.8 Å². The summed E-state index contributed by atoms with van der Waals surface area (Å²) >= 11 is 0. The predicted octanol–water partition coefficient (Wildman–Crippen LogP) is 2.23. The highest BCUT2D eigenvalue weighted by Gasteiger charge is 2.40. The minimum atomic E-state index is 0.0202. The van der Waals surface area contributed by atoms with Crippen molar-refractivity contribution in [2.45, 2.75) is 25.3 Å². The van der Waals surface area contributed by atoms with E-state index in [1.54, 1.807) is 7.11 Å². The molecule has 3 N–H and O–H groups in total. The van der Waals surface area contributed by atoms with Crippen molar-refractivity contribution >= 4 is 5.69 Å². The molecular weight excluding hydrogens is 200 g/mol. The van der Waals surface area contributed by atoms with Crippen molar-refractivity contribution in [1.29, 1.82) is 0 Å². The molecule has 1 aliphatic rings. The summed E-state index contributed by atoms with van der Waals surface area (Å²) in [6.07, 6.45) is 2.56. The topological polar surface area (TPSA) is 47.3 Å². The summed E-state index contributed by atoms with van der Waals surface area (Å²) in [6.45, 7) is 2.86. The molecule has 88 valence electrons. The van der Waals surface area contributed by atoms with Gasteiger partial charge in [-0.25, -0.2) is 0 Å². The lowest BCUT2D eigenvalue weighted by atomic mass is 9.95. The van der Waals surface area contributed by atoms with E-state index in [-0.39, 0.29) is 5.54 Å². The Morgan fingerprint density at radius 3 is 2.81 bits per heavy atom. The molecule has 1 saturated carbocycles. The van der Waals surface area contributed by atoms with E-state index in [0.29, 0.717) is 12.5 Å². The molecule has 0 bridgehead atoms. The first kappa shape index (κ1) is 11.3. The third-order valence-corrected chi connectivity index (χ3v) is 3.40. The van der Waals surface area contributed by atoms with E-state index in [4.69, 9.17) is 10.5 Å². The molecule has 1 aliphatic carbocycles. The van der Waals surface area contributed by atoms with Gasteiger partial charge in [0.05, 0.1) is 7.11 Å². The molecule has 1 aromatic carbocycles. The number of hydrogen-bond donors (Lipinski definition) is 2. The molecular formula is C13H20N2O. The van der Waals surface area contributed by atoms with E-state index in [1.807, 2.05) is 18.2 Å². The largest absolute Gasteiger partial charge is 0.497 e. The highest BCUT2D eigenvalue weighted by Crippen LogP contribution is 2.41. The zero-order valence-electron chi connectivity index (χ0n) is 9.99. The van der Waals surface area contributed by atoms with E-state index in [9.17, 15) is 0 Å². The standard InChI is InChI=1S/C13H20N2O/c1-13(9-14,10-6-7-10)15-11-4-3-5-12(8-11)16-2/h3-5,8,10,15H,6-7,9,14H2,1-2H3. The van der Waals surface area contributed by atoms with Gasteiger partial charge in [0.15, 0.2) is 0 Å². The third kappa shape index (κ3) is 2.30. The highest BCUT2D eigenvalue weighted by molar-refractivity contribution is 5.50. The summed E-state index contributed by atoms with van der Waals surface area (Å²) in [6, 6.07) is 8.00. The van der Waals surface area contributed by atoms with Crippen molar-refractivity contribution in [1.82, 2.24) is 0 Å². The first-order valence-corrected chi connectivity index (χ1v) is 5.80. The number of nitrogens with one attached hydrogen (secondary N) is 1. The van der Waals surface area contributed by atoms with Gasteiger partial charge in [0.1, 0.15) is 5.75 Å². The molecule has 3 heteroatoms. The van der Waals surface area contributed by atoms with Crippen molar-refractivity contribution in [3.63, 3.8) is 0 Å². The van der Waals surface area contributed by atoms with Crippen LogP contribution in [0, 0.1) is 5.92 Å². The quantitative estimate of drug-likeness (QED) is 0.800. The van der Waals surface area contributed by atoms with Gasteiger partial charge >= 0.3 is 0 Å². The maximum atomic E-state index is 5.87. The van der Waals surface area contributed by atoms with Gasteiger partial charge < -0.3 is 15.8 Å². The Morgan fingerprint density at radius 1 is 1.50 bits per heavy atom. The lowest BCUT2D eigenvalue weighted by Gasteiger charge is -2.30. The van der Waals surface area contributed by atoms with E-state index in [0.717, 1.165) is 11.4 Å². The van der Waals surface area contributed by atoms with Crippen molar-refractivity contribution in [3.05, 3.63) is 24.3 Å². The number of nitrogens with two attached hydrogens (primary N) is 1. The van der Waals surface area contributed by atoms with Crippen molar-refractivity contribution in [2.75, 3.05) is 19.0 Å². The summed E-state index contributed by atoms with van der Waals surface area (Å²) in [7, 11) is 1.68. The van der Waals surface area contributed by atoms with Gasteiger partial charge in [0, 0.05) is 23.8 Å². The second-order valence-electron chi connectivity index (χ2n) is 4.75. The van der Waals surface area contributed by atoms with Crippen LogP contribution in [0.15, 0.2) is 24.3 Å². The first-order chi connectivity index (χ1) is 7.68. The van der Waals surface area contributed by atoms with Crippen LogP contribution in [-0.4, -0.2) is 19.2 Å². The predicted molar refractivity (Wildman–Crippen MR) is 66.8 cm³/mol. The number of methoxy groups -OCH3 is 1. The van der Waals surface area contributed by atoms with Crippen LogP contribution in [-0.2, 0) is 0 Å². The summed E-state index contributed by atoms with van der Waals surface area (Å²) in [5, 5.41) is 3.54. The molecule has 0 aromatic heterocycles. The Morgan fingerprint density at radius 2 is 2.25 bits per heavy atom. The van der Waals surface area contributed by atoms with Crippen LogP contribution in [0.4, 0.5) is 5.69 Å². The Kier molecular flexibility index (Phi) is 3.06. The number of rotatable bonds is 5. The number of hydrogen-bond acceptors (Lipinski definition) is 3. The molecule has 3 nitrogen and oxygen atoms in total. The van der Waals surface area contributed by atoms with Gasteiger partial charge in [0.2, 0.25) is 0 Å². The molecule has 1 unspecified atom stereocenters. The highest BCUT2D eigenvalue weighted by atomic mass is 16.5. The summed E-state index contributed by atoms with van der Waals surface area (Å²) < 4.78 is 5.21. The number of anilines is 1. The molecule has 16 heavy (non-hydrogen) atoms. The molecule has 0 amide bonds. The zero-order valence-corrected chi connectivity index (χ0v) is 9.99. The van der Waals surface area contributed by atoms with Crippen LogP contribution in [0.1, 0.15) is 19.8 Å². The van der Waals surface area contributed by atoms with E-state index >= 15 is 0 Å². The molecule has 0 spiro atoms. The summed E-state index contributed by atoms with van der Waals surface area (Å²) in [5.41, 5.74) is 6.98. The fourth-order valence-corrected chi connectivity index (χ4v) is 2.07. The molecule has 0 radical (unpaired) electrons. The molecule has 1 atom stereocenters. The number of benzene rings is 1. The maximum absolute atomic E-state index is 5.87. The Bertz CT molecular complexity index is 363. The Labute approximate surface area is 97.0 Å². The van der Waals surface area contributed by atoms with Crippen LogP contribution in [0.2, 0.25) is 0 Å². The smallest absolute Gasteiger partial charge is 0.120 e. The summed E-state index contributed by atoms with van der Waals surface area (Å²) in [5.74, 6) is 1.59. The SMILES string of the molecule is COc1cccc(NC(C)(CN)C2CC2)c1. The third-order valence-electron chi connectivity index (χ3n) is 3.40. The van der Waals surface area contributed by atoms with Crippen molar-refractivity contribution in [3.8, 4) is 5.75 Å². The van der Waals surface area contributed by atoms with Crippen LogP contribution >= 0.6 is 0 Å². The van der Waals surface area contributed by atoms with E-state index < -0.39 is 0 Å². The van der Waals surface area contributed by atoms with Crippen molar-refractivity contribution in [2.24, 2.45) is 11.7 Å². The summed E-state index contributed by atoms with van der Waals surface area (Å²) in [4.78, 5) is 0. The Hall–Kier alpha value is -1.22. The van der Waals surface area contributed by atoms with Gasteiger partial charge in [-0.15, -0.1) is 0 Å². The monoisotopic (exact) mass is 220 g/mol. The first-order valence-electron chi connectivity index (χ1n) is 5.80. The average molecular weight is 220 g/mol. The van der Waals surface area contributed by atoms with Gasteiger partial charge in [-0.2, -0.15) is 0 Å².